The summed E-state index contributed by atoms with van der Waals surface area (Å²) < 4.78 is 38.7. The van der Waals surface area contributed by atoms with Crippen LogP contribution < -0.4 is 10.2 Å². The molecule has 0 radical (unpaired) electrons. The Hall–Kier alpha value is -2.68. The number of carbonyl (C=O) groups excluding carboxylic acids is 1. The van der Waals surface area contributed by atoms with Gasteiger partial charge in [0.1, 0.15) is 0 Å². The van der Waals surface area contributed by atoms with E-state index in [9.17, 15) is 18.0 Å². The molecule has 154 valence electrons. The largest absolute Gasteiger partial charge is 0.416 e. The minimum atomic E-state index is -4.47. The Labute approximate surface area is 171 Å². The van der Waals surface area contributed by atoms with Gasteiger partial charge in [-0.15, -0.1) is 0 Å². The summed E-state index contributed by atoms with van der Waals surface area (Å²) in [6.45, 7) is 2.39. The van der Waals surface area contributed by atoms with Gasteiger partial charge in [-0.25, -0.2) is 9.79 Å². The summed E-state index contributed by atoms with van der Waals surface area (Å²) in [5, 5.41) is 3.18. The number of rotatable bonds is 3. The SMILES string of the molecule is CC1CN(C(=O)Nc2cccc(C(F)(F)F)c2)C(=Nc2ccc(N(C)C)cc2)S1. The highest BCUT2D eigenvalue weighted by molar-refractivity contribution is 8.14. The van der Waals surface area contributed by atoms with Crippen LogP contribution in [0.3, 0.4) is 0 Å². The highest BCUT2D eigenvalue weighted by atomic mass is 32.2. The molecule has 2 amide bonds. The summed E-state index contributed by atoms with van der Waals surface area (Å²) in [6, 6.07) is 11.6. The number of aliphatic imine (C=N–C) groups is 1. The lowest BCUT2D eigenvalue weighted by molar-refractivity contribution is -0.137. The zero-order valence-corrected chi connectivity index (χ0v) is 17.0. The Morgan fingerprint density at radius 1 is 1.21 bits per heavy atom. The number of nitrogens with zero attached hydrogens (tertiary/aromatic N) is 3. The monoisotopic (exact) mass is 422 g/mol. The van der Waals surface area contributed by atoms with Crippen LogP contribution in [0.15, 0.2) is 53.5 Å². The molecule has 0 saturated carbocycles. The molecule has 5 nitrogen and oxygen atoms in total. The fourth-order valence-corrected chi connectivity index (χ4v) is 3.80. The fourth-order valence-electron chi connectivity index (χ4n) is 2.77. The highest BCUT2D eigenvalue weighted by Crippen LogP contribution is 2.32. The summed E-state index contributed by atoms with van der Waals surface area (Å²) in [4.78, 5) is 20.7. The van der Waals surface area contributed by atoms with Crippen LogP contribution in [-0.2, 0) is 6.18 Å². The predicted molar refractivity (Wildman–Crippen MR) is 112 cm³/mol. The van der Waals surface area contributed by atoms with Gasteiger partial charge in [0.25, 0.3) is 0 Å². The molecule has 1 saturated heterocycles. The van der Waals surface area contributed by atoms with Gasteiger partial charge in [0.05, 0.1) is 11.3 Å². The number of amides is 2. The molecule has 2 aromatic rings. The quantitative estimate of drug-likeness (QED) is 0.718. The molecule has 3 rings (SSSR count). The van der Waals surface area contributed by atoms with E-state index in [4.69, 9.17) is 0 Å². The Bertz CT molecular complexity index is 913. The maximum Gasteiger partial charge on any atom is 0.416 e. The van der Waals surface area contributed by atoms with Gasteiger partial charge >= 0.3 is 12.2 Å². The fraction of sp³-hybridized carbons (Fsp3) is 0.300. The molecule has 1 aliphatic heterocycles. The van der Waals surface area contributed by atoms with Crippen LogP contribution >= 0.6 is 11.8 Å². The summed E-state index contributed by atoms with van der Waals surface area (Å²) in [6.07, 6.45) is -4.47. The molecule has 9 heteroatoms. The summed E-state index contributed by atoms with van der Waals surface area (Å²) in [5.41, 5.74) is 1.00. The molecular weight excluding hydrogens is 401 g/mol. The van der Waals surface area contributed by atoms with Gasteiger partial charge < -0.3 is 10.2 Å². The summed E-state index contributed by atoms with van der Waals surface area (Å²) >= 11 is 1.45. The lowest BCUT2D eigenvalue weighted by Crippen LogP contribution is -2.36. The number of alkyl halides is 3. The van der Waals surface area contributed by atoms with Crippen molar-refractivity contribution in [2.75, 3.05) is 30.9 Å². The molecule has 1 heterocycles. The lowest BCUT2D eigenvalue weighted by atomic mass is 10.2. The summed E-state index contributed by atoms with van der Waals surface area (Å²) in [7, 11) is 3.88. The Balaban J connectivity index is 1.78. The molecule has 1 fully saturated rings. The average Bonchev–Trinajstić information content (AvgIpc) is 3.02. The lowest BCUT2D eigenvalue weighted by Gasteiger charge is -2.18. The first-order chi connectivity index (χ1) is 13.6. The average molecular weight is 422 g/mol. The van der Waals surface area contributed by atoms with E-state index in [1.54, 1.807) is 0 Å². The van der Waals surface area contributed by atoms with Gasteiger partial charge in [-0.3, -0.25) is 4.90 Å². The van der Waals surface area contributed by atoms with E-state index in [1.807, 2.05) is 50.2 Å². The number of nitrogens with one attached hydrogen (secondary N) is 1. The number of anilines is 2. The molecular formula is C20H21F3N4OS. The second-order valence-corrected chi connectivity index (χ2v) is 8.26. The topological polar surface area (TPSA) is 47.9 Å². The Morgan fingerprint density at radius 3 is 2.52 bits per heavy atom. The van der Waals surface area contributed by atoms with Gasteiger partial charge in [-0.1, -0.05) is 24.8 Å². The number of urea groups is 1. The van der Waals surface area contributed by atoms with Crippen molar-refractivity contribution in [2.45, 2.75) is 18.3 Å². The zero-order valence-electron chi connectivity index (χ0n) is 16.2. The van der Waals surface area contributed by atoms with Gasteiger partial charge in [0.2, 0.25) is 0 Å². The molecule has 0 aliphatic carbocycles. The third-order valence-corrected chi connectivity index (χ3v) is 5.33. The van der Waals surface area contributed by atoms with Gasteiger partial charge in [0.15, 0.2) is 5.17 Å². The maximum atomic E-state index is 12.9. The standard InChI is InChI=1S/C20H21F3N4OS/c1-13-12-27(18(28)24-16-6-4-5-14(11-16)20(21,22)23)19(29-13)25-15-7-9-17(10-8-15)26(2)3/h4-11,13H,12H2,1-3H3,(H,24,28). The minimum absolute atomic E-state index is 0.0871. The maximum absolute atomic E-state index is 12.9. The molecule has 1 atom stereocenters. The van der Waals surface area contributed by atoms with Crippen LogP contribution in [0.5, 0.6) is 0 Å². The summed E-state index contributed by atoms with van der Waals surface area (Å²) in [5.74, 6) is 0. The van der Waals surface area contributed by atoms with Crippen LogP contribution in [0.1, 0.15) is 12.5 Å². The minimum Gasteiger partial charge on any atom is -0.378 e. The number of benzene rings is 2. The van der Waals surface area contributed by atoms with Gasteiger partial charge in [-0.2, -0.15) is 13.2 Å². The zero-order chi connectivity index (χ0) is 21.2. The Kier molecular flexibility index (Phi) is 6.07. The third kappa shape index (κ3) is 5.23. The van der Waals surface area contributed by atoms with Crippen LogP contribution in [0, 0.1) is 0 Å². The number of amidine groups is 1. The third-order valence-electron chi connectivity index (χ3n) is 4.25. The molecule has 29 heavy (non-hydrogen) atoms. The first-order valence-electron chi connectivity index (χ1n) is 8.92. The smallest absolute Gasteiger partial charge is 0.378 e. The Morgan fingerprint density at radius 2 is 1.90 bits per heavy atom. The molecule has 0 aromatic heterocycles. The van der Waals surface area contributed by atoms with E-state index in [-0.39, 0.29) is 10.9 Å². The molecule has 0 spiro atoms. The van der Waals surface area contributed by atoms with Gasteiger partial charge in [-0.05, 0) is 42.5 Å². The van der Waals surface area contributed by atoms with Crippen molar-refractivity contribution < 1.29 is 18.0 Å². The van der Waals surface area contributed by atoms with Gasteiger partial charge in [0, 0.05) is 37.3 Å². The molecule has 1 N–H and O–H groups in total. The van der Waals surface area contributed by atoms with Crippen molar-refractivity contribution in [1.29, 1.82) is 0 Å². The number of halogens is 3. The van der Waals surface area contributed by atoms with E-state index >= 15 is 0 Å². The normalized spacial score (nSPS) is 18.2. The van der Waals surface area contributed by atoms with E-state index in [0.29, 0.717) is 17.4 Å². The first-order valence-corrected chi connectivity index (χ1v) is 9.80. The second-order valence-electron chi connectivity index (χ2n) is 6.85. The van der Waals surface area contributed by atoms with Crippen molar-refractivity contribution in [3.63, 3.8) is 0 Å². The van der Waals surface area contributed by atoms with Crippen LogP contribution in [0.25, 0.3) is 0 Å². The van der Waals surface area contributed by atoms with E-state index in [2.05, 4.69) is 10.3 Å². The van der Waals surface area contributed by atoms with Crippen molar-refractivity contribution in [2.24, 2.45) is 4.99 Å². The van der Waals surface area contributed by atoms with Crippen molar-refractivity contribution in [3.8, 4) is 0 Å². The van der Waals surface area contributed by atoms with Crippen LogP contribution in [-0.4, -0.2) is 42.0 Å². The number of carbonyl (C=O) groups is 1. The highest BCUT2D eigenvalue weighted by Gasteiger charge is 2.32. The van der Waals surface area contributed by atoms with E-state index in [0.717, 1.165) is 17.8 Å². The van der Waals surface area contributed by atoms with Crippen molar-refractivity contribution in [3.05, 3.63) is 54.1 Å². The number of hydrogen-bond donors (Lipinski definition) is 1. The molecule has 2 aromatic carbocycles. The van der Waals surface area contributed by atoms with E-state index < -0.39 is 17.8 Å². The number of hydrogen-bond acceptors (Lipinski definition) is 4. The first kappa shape index (κ1) is 21.0. The van der Waals surface area contributed by atoms with E-state index in [1.165, 1.54) is 28.8 Å². The second kappa shape index (κ2) is 8.36. The number of thioether (sulfide) groups is 1. The predicted octanol–water partition coefficient (Wildman–Crippen LogP) is 5.43. The van der Waals surface area contributed by atoms with Crippen LogP contribution in [0.2, 0.25) is 0 Å². The van der Waals surface area contributed by atoms with Crippen molar-refractivity contribution >= 4 is 40.0 Å². The molecule has 0 bridgehead atoms. The van der Waals surface area contributed by atoms with Crippen molar-refractivity contribution in [1.82, 2.24) is 4.90 Å². The van der Waals surface area contributed by atoms with Crippen LogP contribution in [0.4, 0.5) is 35.0 Å². The molecule has 1 aliphatic rings. The molecule has 1 unspecified atom stereocenters.